The average Bonchev–Trinajstić information content (AvgIpc) is 3.08. The van der Waals surface area contributed by atoms with Crippen molar-refractivity contribution in [2.45, 2.75) is 63.2 Å². The molecule has 2 N–H and O–H groups in total. The zero-order valence-corrected chi connectivity index (χ0v) is 10.8. The van der Waals surface area contributed by atoms with Gasteiger partial charge in [0.2, 0.25) is 0 Å². The third kappa shape index (κ3) is 2.29. The molecular weight excluding hydrogens is 228 g/mol. The van der Waals surface area contributed by atoms with Gasteiger partial charge < -0.3 is 15.0 Å². The Morgan fingerprint density at radius 2 is 2.06 bits per heavy atom. The molecule has 0 aromatic carbocycles. The molecule has 100 valence electrons. The van der Waals surface area contributed by atoms with Gasteiger partial charge >= 0.3 is 0 Å². The van der Waals surface area contributed by atoms with Gasteiger partial charge in [0.15, 0.2) is 5.82 Å². The van der Waals surface area contributed by atoms with E-state index in [-0.39, 0.29) is 12.2 Å². The first-order valence-corrected chi connectivity index (χ1v) is 7.13. The van der Waals surface area contributed by atoms with Crippen molar-refractivity contribution in [2.24, 2.45) is 5.73 Å². The van der Waals surface area contributed by atoms with Gasteiger partial charge in [0, 0.05) is 12.6 Å². The van der Waals surface area contributed by atoms with Gasteiger partial charge in [-0.2, -0.15) is 0 Å². The van der Waals surface area contributed by atoms with Crippen LogP contribution in [0.15, 0.2) is 6.33 Å². The Hall–Kier alpha value is -0.940. The Bertz CT molecular complexity index is 386. The van der Waals surface area contributed by atoms with Crippen molar-refractivity contribution in [3.05, 3.63) is 12.2 Å². The summed E-state index contributed by atoms with van der Waals surface area (Å²) in [7, 11) is 0. The summed E-state index contributed by atoms with van der Waals surface area (Å²) in [4.78, 5) is 0. The molecular formula is C13H22N4O. The lowest BCUT2D eigenvalue weighted by molar-refractivity contribution is 0.0411. The largest absolute Gasteiger partial charge is 0.366 e. The lowest BCUT2D eigenvalue weighted by Crippen LogP contribution is -2.21. The monoisotopic (exact) mass is 250 g/mol. The van der Waals surface area contributed by atoms with Gasteiger partial charge in [-0.15, -0.1) is 10.2 Å². The molecule has 2 heterocycles. The molecule has 1 aliphatic carbocycles. The van der Waals surface area contributed by atoms with E-state index in [1.807, 2.05) is 6.33 Å². The maximum Gasteiger partial charge on any atom is 0.162 e. The van der Waals surface area contributed by atoms with E-state index in [0.29, 0.717) is 12.6 Å². The first-order chi connectivity index (χ1) is 8.88. The van der Waals surface area contributed by atoms with Crippen molar-refractivity contribution in [1.29, 1.82) is 0 Å². The van der Waals surface area contributed by atoms with Crippen LogP contribution >= 0.6 is 0 Å². The zero-order chi connectivity index (χ0) is 12.4. The first-order valence-electron chi connectivity index (χ1n) is 7.13. The Labute approximate surface area is 108 Å². The van der Waals surface area contributed by atoms with Crippen molar-refractivity contribution in [3.8, 4) is 0 Å². The molecule has 3 rings (SSSR count). The number of rotatable bonds is 3. The third-order valence-corrected chi connectivity index (χ3v) is 4.23. The minimum Gasteiger partial charge on any atom is -0.366 e. The topological polar surface area (TPSA) is 66.0 Å². The summed E-state index contributed by atoms with van der Waals surface area (Å²) in [5, 5.41) is 8.38. The molecule has 0 amide bonds. The normalized spacial score (nSPS) is 29.8. The molecule has 2 unspecified atom stereocenters. The molecule has 1 saturated heterocycles. The molecule has 18 heavy (non-hydrogen) atoms. The highest BCUT2D eigenvalue weighted by atomic mass is 16.5. The fraction of sp³-hybridized carbons (Fsp3) is 0.846. The molecule has 5 heteroatoms. The predicted molar refractivity (Wildman–Crippen MR) is 68.0 cm³/mol. The quantitative estimate of drug-likeness (QED) is 0.890. The fourth-order valence-corrected chi connectivity index (χ4v) is 3.19. The van der Waals surface area contributed by atoms with E-state index >= 15 is 0 Å². The summed E-state index contributed by atoms with van der Waals surface area (Å²) < 4.78 is 8.19. The van der Waals surface area contributed by atoms with Gasteiger partial charge in [-0.3, -0.25) is 0 Å². The first kappa shape index (κ1) is 12.1. The van der Waals surface area contributed by atoms with Crippen LogP contribution in [0.4, 0.5) is 0 Å². The van der Waals surface area contributed by atoms with E-state index in [9.17, 15) is 0 Å². The summed E-state index contributed by atoms with van der Waals surface area (Å²) in [5.74, 6) is 1.01. The standard InChI is InChI=1S/C13H22N4O/c14-8-11-6-7-12(18-11)13-16-15-9-17(13)10-4-2-1-3-5-10/h9-12H,1-8,14H2. The molecule has 1 aromatic heterocycles. The molecule has 5 nitrogen and oxygen atoms in total. The number of nitrogens with two attached hydrogens (primary N) is 1. The zero-order valence-electron chi connectivity index (χ0n) is 10.8. The van der Waals surface area contributed by atoms with Crippen LogP contribution in [0.2, 0.25) is 0 Å². The fourth-order valence-electron chi connectivity index (χ4n) is 3.19. The van der Waals surface area contributed by atoms with Crippen LogP contribution in [0.3, 0.4) is 0 Å². The Balaban J connectivity index is 1.74. The van der Waals surface area contributed by atoms with Crippen LogP contribution in [0.5, 0.6) is 0 Å². The van der Waals surface area contributed by atoms with Crippen molar-refractivity contribution >= 4 is 0 Å². The molecule has 1 aliphatic heterocycles. The second kappa shape index (κ2) is 5.36. The van der Waals surface area contributed by atoms with Gasteiger partial charge in [-0.25, -0.2) is 0 Å². The van der Waals surface area contributed by atoms with E-state index in [1.54, 1.807) is 0 Å². The van der Waals surface area contributed by atoms with Gasteiger partial charge in [-0.05, 0) is 25.7 Å². The molecule has 2 aliphatic rings. The van der Waals surface area contributed by atoms with Crippen molar-refractivity contribution in [2.75, 3.05) is 6.54 Å². The summed E-state index contributed by atoms with van der Waals surface area (Å²) in [6.45, 7) is 0.605. The average molecular weight is 250 g/mol. The minimum atomic E-state index is 0.1000. The maximum absolute atomic E-state index is 5.94. The highest BCUT2D eigenvalue weighted by Crippen LogP contribution is 2.35. The maximum atomic E-state index is 5.94. The van der Waals surface area contributed by atoms with Crippen LogP contribution in [-0.4, -0.2) is 27.4 Å². The molecule has 1 aromatic rings. The number of aromatic nitrogens is 3. The highest BCUT2D eigenvalue weighted by Gasteiger charge is 2.30. The summed E-state index contributed by atoms with van der Waals surface area (Å²) in [6.07, 6.45) is 10.7. The third-order valence-electron chi connectivity index (χ3n) is 4.23. The molecule has 0 radical (unpaired) electrons. The number of hydrogen-bond donors (Lipinski definition) is 1. The Kier molecular flexibility index (Phi) is 3.61. The number of hydrogen-bond acceptors (Lipinski definition) is 4. The second-order valence-corrected chi connectivity index (χ2v) is 5.45. The lowest BCUT2D eigenvalue weighted by Gasteiger charge is -2.25. The highest BCUT2D eigenvalue weighted by molar-refractivity contribution is 4.98. The predicted octanol–water partition coefficient (Wildman–Crippen LogP) is 1.96. The van der Waals surface area contributed by atoms with Gasteiger partial charge in [-0.1, -0.05) is 19.3 Å². The van der Waals surface area contributed by atoms with Crippen LogP contribution in [0.1, 0.15) is 62.9 Å². The van der Waals surface area contributed by atoms with Gasteiger partial charge in [0.25, 0.3) is 0 Å². The molecule has 2 fully saturated rings. The Morgan fingerprint density at radius 3 is 2.78 bits per heavy atom. The van der Waals surface area contributed by atoms with Crippen LogP contribution in [-0.2, 0) is 4.74 Å². The smallest absolute Gasteiger partial charge is 0.162 e. The molecule has 2 atom stereocenters. The summed E-state index contributed by atoms with van der Waals surface area (Å²) in [5.41, 5.74) is 5.66. The van der Waals surface area contributed by atoms with E-state index in [4.69, 9.17) is 10.5 Å². The lowest BCUT2D eigenvalue weighted by atomic mass is 9.95. The van der Waals surface area contributed by atoms with Gasteiger partial charge in [0.1, 0.15) is 12.4 Å². The van der Waals surface area contributed by atoms with Crippen molar-refractivity contribution in [1.82, 2.24) is 14.8 Å². The van der Waals surface area contributed by atoms with Crippen molar-refractivity contribution in [3.63, 3.8) is 0 Å². The van der Waals surface area contributed by atoms with E-state index in [2.05, 4.69) is 14.8 Å². The number of nitrogens with zero attached hydrogens (tertiary/aromatic N) is 3. The Morgan fingerprint density at radius 1 is 1.22 bits per heavy atom. The van der Waals surface area contributed by atoms with Gasteiger partial charge in [0.05, 0.1) is 6.10 Å². The molecule has 0 spiro atoms. The van der Waals surface area contributed by atoms with Crippen LogP contribution in [0.25, 0.3) is 0 Å². The second-order valence-electron chi connectivity index (χ2n) is 5.45. The van der Waals surface area contributed by atoms with E-state index < -0.39 is 0 Å². The summed E-state index contributed by atoms with van der Waals surface area (Å²) >= 11 is 0. The SMILES string of the molecule is NCC1CCC(c2nncn2C2CCCCC2)O1. The molecule has 1 saturated carbocycles. The number of ether oxygens (including phenoxy) is 1. The molecule has 0 bridgehead atoms. The van der Waals surface area contributed by atoms with Crippen LogP contribution in [0, 0.1) is 0 Å². The van der Waals surface area contributed by atoms with Crippen LogP contribution < -0.4 is 5.73 Å². The van der Waals surface area contributed by atoms with E-state index in [0.717, 1.165) is 18.7 Å². The minimum absolute atomic E-state index is 0.1000. The van der Waals surface area contributed by atoms with E-state index in [1.165, 1.54) is 32.1 Å². The van der Waals surface area contributed by atoms with Crippen molar-refractivity contribution < 1.29 is 4.74 Å². The summed E-state index contributed by atoms with van der Waals surface area (Å²) in [6, 6.07) is 0.573.